The first kappa shape index (κ1) is 15.7. The molecule has 116 valence electrons. The fourth-order valence-corrected chi connectivity index (χ4v) is 2.85. The lowest BCUT2D eigenvalue weighted by atomic mass is 9.78. The summed E-state index contributed by atoms with van der Waals surface area (Å²) in [6, 6.07) is 5.01. The Labute approximate surface area is 124 Å². The van der Waals surface area contributed by atoms with E-state index in [4.69, 9.17) is 9.84 Å². The zero-order chi connectivity index (χ0) is 15.3. The summed E-state index contributed by atoms with van der Waals surface area (Å²) in [4.78, 5) is 17.3. The Morgan fingerprint density at radius 1 is 1.52 bits per heavy atom. The highest BCUT2D eigenvalue weighted by molar-refractivity contribution is 5.85. The summed E-state index contributed by atoms with van der Waals surface area (Å²) in [5.41, 5.74) is -0.153. The average molecular weight is 294 g/mol. The fourth-order valence-electron chi connectivity index (χ4n) is 2.85. The second-order valence-electron chi connectivity index (χ2n) is 5.61. The Morgan fingerprint density at radius 2 is 2.33 bits per heavy atom. The van der Waals surface area contributed by atoms with E-state index >= 15 is 0 Å². The number of aromatic carboxylic acids is 1. The number of aliphatic hydroxyl groups excluding tert-OH is 1. The first-order chi connectivity index (χ1) is 10.1. The van der Waals surface area contributed by atoms with Gasteiger partial charge in [0, 0.05) is 32.2 Å². The van der Waals surface area contributed by atoms with Crippen LogP contribution in [0.1, 0.15) is 29.8 Å². The summed E-state index contributed by atoms with van der Waals surface area (Å²) >= 11 is 0. The van der Waals surface area contributed by atoms with E-state index in [1.807, 2.05) is 6.07 Å². The number of aliphatic hydroxyl groups is 1. The van der Waals surface area contributed by atoms with Gasteiger partial charge < -0.3 is 19.8 Å². The molecule has 1 aromatic heterocycles. The molecular weight excluding hydrogens is 272 g/mol. The van der Waals surface area contributed by atoms with Crippen LogP contribution in [0.4, 0.5) is 5.82 Å². The molecule has 1 aromatic rings. The Bertz CT molecular complexity index is 494. The number of rotatable bonds is 6. The van der Waals surface area contributed by atoms with Crippen molar-refractivity contribution in [1.82, 2.24) is 4.98 Å². The number of anilines is 1. The number of ether oxygens (including phenoxy) is 1. The predicted molar refractivity (Wildman–Crippen MR) is 78.7 cm³/mol. The van der Waals surface area contributed by atoms with Crippen molar-refractivity contribution in [2.75, 3.05) is 38.3 Å². The highest BCUT2D eigenvalue weighted by Gasteiger charge is 2.35. The van der Waals surface area contributed by atoms with Crippen molar-refractivity contribution in [1.29, 1.82) is 0 Å². The van der Waals surface area contributed by atoms with Crippen LogP contribution in [-0.4, -0.2) is 54.6 Å². The van der Waals surface area contributed by atoms with Gasteiger partial charge in [-0.25, -0.2) is 9.78 Å². The minimum absolute atomic E-state index is 0.0459. The van der Waals surface area contributed by atoms with E-state index in [0.717, 1.165) is 25.8 Å². The Morgan fingerprint density at radius 3 is 3.00 bits per heavy atom. The minimum atomic E-state index is -1.03. The van der Waals surface area contributed by atoms with Crippen molar-refractivity contribution in [3.8, 4) is 0 Å². The Kier molecular flexibility index (Phi) is 5.14. The highest BCUT2D eigenvalue weighted by atomic mass is 16.5. The number of methoxy groups -OCH3 is 1. The lowest BCUT2D eigenvalue weighted by molar-refractivity contribution is 0.0623. The molecule has 0 saturated carbocycles. The zero-order valence-electron chi connectivity index (χ0n) is 12.3. The first-order valence-corrected chi connectivity index (χ1v) is 7.15. The van der Waals surface area contributed by atoms with Crippen molar-refractivity contribution in [2.45, 2.75) is 19.3 Å². The van der Waals surface area contributed by atoms with Gasteiger partial charge in [0.15, 0.2) is 5.69 Å². The quantitative estimate of drug-likeness (QED) is 0.825. The van der Waals surface area contributed by atoms with Crippen LogP contribution < -0.4 is 4.90 Å². The molecule has 1 fully saturated rings. The maximum atomic E-state index is 11.0. The number of carbonyl (C=O) groups is 1. The number of pyridine rings is 1. The van der Waals surface area contributed by atoms with E-state index in [1.54, 1.807) is 13.2 Å². The standard InChI is InChI=1S/C15H22N2O4/c1-21-9-7-15(11-18)6-3-8-17(10-15)13-5-2-4-12(16-13)14(19)20/h2,4-5,18H,3,6-11H2,1H3,(H,19,20). The van der Waals surface area contributed by atoms with Gasteiger partial charge >= 0.3 is 5.97 Å². The highest BCUT2D eigenvalue weighted by Crippen LogP contribution is 2.34. The lowest BCUT2D eigenvalue weighted by Crippen LogP contribution is -2.46. The van der Waals surface area contributed by atoms with Gasteiger partial charge in [-0.15, -0.1) is 0 Å². The monoisotopic (exact) mass is 294 g/mol. The number of piperidine rings is 1. The van der Waals surface area contributed by atoms with E-state index in [9.17, 15) is 9.90 Å². The summed E-state index contributed by atoms with van der Waals surface area (Å²) in [6.45, 7) is 2.20. The van der Waals surface area contributed by atoms with E-state index in [2.05, 4.69) is 9.88 Å². The van der Waals surface area contributed by atoms with Crippen LogP contribution in [0.3, 0.4) is 0 Å². The molecule has 1 unspecified atom stereocenters. The largest absolute Gasteiger partial charge is 0.477 e. The molecule has 1 saturated heterocycles. The summed E-state index contributed by atoms with van der Waals surface area (Å²) in [5, 5.41) is 18.8. The Hall–Kier alpha value is -1.66. The number of hydrogen-bond donors (Lipinski definition) is 2. The fraction of sp³-hybridized carbons (Fsp3) is 0.600. The third-order valence-corrected chi connectivity index (χ3v) is 4.11. The van der Waals surface area contributed by atoms with Crippen molar-refractivity contribution in [2.24, 2.45) is 5.41 Å². The predicted octanol–water partition coefficient (Wildman–Crippen LogP) is 1.40. The van der Waals surface area contributed by atoms with Crippen LogP contribution in [0.5, 0.6) is 0 Å². The molecule has 0 amide bonds. The SMILES string of the molecule is COCCC1(CO)CCCN(c2cccc(C(=O)O)n2)C1. The smallest absolute Gasteiger partial charge is 0.354 e. The van der Waals surface area contributed by atoms with Gasteiger partial charge in [0.25, 0.3) is 0 Å². The minimum Gasteiger partial charge on any atom is -0.477 e. The van der Waals surface area contributed by atoms with E-state index in [-0.39, 0.29) is 17.7 Å². The van der Waals surface area contributed by atoms with E-state index in [0.29, 0.717) is 19.0 Å². The molecule has 0 aromatic carbocycles. The molecule has 6 heteroatoms. The molecule has 1 aliphatic heterocycles. The van der Waals surface area contributed by atoms with E-state index in [1.165, 1.54) is 6.07 Å². The summed E-state index contributed by atoms with van der Waals surface area (Å²) in [7, 11) is 1.66. The van der Waals surface area contributed by atoms with Gasteiger partial charge in [-0.2, -0.15) is 0 Å². The molecule has 1 atom stereocenters. The van der Waals surface area contributed by atoms with Crippen LogP contribution >= 0.6 is 0 Å². The molecule has 2 heterocycles. The number of carboxylic acids is 1. The van der Waals surface area contributed by atoms with E-state index < -0.39 is 5.97 Å². The summed E-state index contributed by atoms with van der Waals surface area (Å²) in [6.07, 6.45) is 2.68. The van der Waals surface area contributed by atoms with Crippen molar-refractivity contribution in [3.63, 3.8) is 0 Å². The molecule has 0 spiro atoms. The molecular formula is C15H22N2O4. The second-order valence-corrected chi connectivity index (χ2v) is 5.61. The number of hydrogen-bond acceptors (Lipinski definition) is 5. The molecule has 6 nitrogen and oxygen atoms in total. The van der Waals surface area contributed by atoms with Gasteiger partial charge in [0.05, 0.1) is 6.61 Å². The van der Waals surface area contributed by atoms with Gasteiger partial charge in [-0.3, -0.25) is 0 Å². The molecule has 2 rings (SSSR count). The van der Waals surface area contributed by atoms with Gasteiger partial charge in [0.2, 0.25) is 0 Å². The van der Waals surface area contributed by atoms with Gasteiger partial charge in [-0.05, 0) is 31.4 Å². The van der Waals surface area contributed by atoms with Crippen molar-refractivity contribution >= 4 is 11.8 Å². The lowest BCUT2D eigenvalue weighted by Gasteiger charge is -2.42. The Balaban J connectivity index is 2.16. The van der Waals surface area contributed by atoms with Crippen LogP contribution in [-0.2, 0) is 4.74 Å². The van der Waals surface area contributed by atoms with Crippen LogP contribution in [0, 0.1) is 5.41 Å². The molecule has 0 aliphatic carbocycles. The maximum absolute atomic E-state index is 11.0. The maximum Gasteiger partial charge on any atom is 0.354 e. The number of nitrogens with zero attached hydrogens (tertiary/aromatic N) is 2. The molecule has 0 radical (unpaired) electrons. The number of aromatic nitrogens is 1. The molecule has 1 aliphatic rings. The molecule has 2 N–H and O–H groups in total. The van der Waals surface area contributed by atoms with Crippen molar-refractivity contribution in [3.05, 3.63) is 23.9 Å². The number of carboxylic acid groups (broad SMARTS) is 1. The van der Waals surface area contributed by atoms with Gasteiger partial charge in [-0.1, -0.05) is 6.07 Å². The third-order valence-electron chi connectivity index (χ3n) is 4.11. The second kappa shape index (κ2) is 6.87. The molecule has 0 bridgehead atoms. The zero-order valence-corrected chi connectivity index (χ0v) is 12.3. The van der Waals surface area contributed by atoms with Crippen LogP contribution in [0.15, 0.2) is 18.2 Å². The summed E-state index contributed by atoms with van der Waals surface area (Å²) < 4.78 is 5.14. The average Bonchev–Trinajstić information content (AvgIpc) is 2.53. The molecule has 21 heavy (non-hydrogen) atoms. The first-order valence-electron chi connectivity index (χ1n) is 7.15. The van der Waals surface area contributed by atoms with Crippen molar-refractivity contribution < 1.29 is 19.7 Å². The normalized spacial score (nSPS) is 22.3. The third kappa shape index (κ3) is 3.71. The summed E-state index contributed by atoms with van der Waals surface area (Å²) in [5.74, 6) is -0.369. The topological polar surface area (TPSA) is 82.9 Å². The van der Waals surface area contributed by atoms with Crippen LogP contribution in [0.2, 0.25) is 0 Å². The van der Waals surface area contributed by atoms with Crippen LogP contribution in [0.25, 0.3) is 0 Å². The van der Waals surface area contributed by atoms with Gasteiger partial charge in [0.1, 0.15) is 5.82 Å².